The van der Waals surface area contributed by atoms with Crippen molar-refractivity contribution in [3.05, 3.63) is 83.3 Å². The van der Waals surface area contributed by atoms with Gasteiger partial charge in [-0.1, -0.05) is 30.3 Å². The molecule has 3 nitrogen and oxygen atoms in total. The Kier molecular flexibility index (Phi) is 5.00. The first-order chi connectivity index (χ1) is 12.0. The molecule has 0 bridgehead atoms. The van der Waals surface area contributed by atoms with Crippen molar-refractivity contribution in [2.75, 3.05) is 13.1 Å². The molecule has 0 atom stereocenters. The fraction of sp³-hybridized carbons (Fsp3) is 0.286. The maximum atomic E-state index is 13.0. The molecule has 1 aliphatic rings. The number of likely N-dealkylation sites (tertiary alicyclic amines) is 1. The van der Waals surface area contributed by atoms with Gasteiger partial charge in [-0.15, -0.1) is 0 Å². The van der Waals surface area contributed by atoms with Gasteiger partial charge in [0.15, 0.2) is 5.78 Å². The number of halogens is 1. The summed E-state index contributed by atoms with van der Waals surface area (Å²) in [6.07, 6.45) is 2.82. The summed E-state index contributed by atoms with van der Waals surface area (Å²) in [7, 11) is 0. The Hall–Kier alpha value is -2.46. The Morgan fingerprint density at radius 2 is 1.68 bits per heavy atom. The number of benzene rings is 2. The zero-order valence-electron chi connectivity index (χ0n) is 14.3. The van der Waals surface area contributed by atoms with E-state index in [1.165, 1.54) is 24.3 Å². The third-order valence-corrected chi connectivity index (χ3v) is 4.87. The van der Waals surface area contributed by atoms with Gasteiger partial charge < -0.3 is 10.0 Å². The molecule has 130 valence electrons. The molecular formula is C21H22FNO2. The number of rotatable bonds is 4. The molecule has 0 aromatic heterocycles. The lowest BCUT2D eigenvalue weighted by Crippen LogP contribution is -2.41. The molecule has 0 amide bonds. The van der Waals surface area contributed by atoms with Crippen molar-refractivity contribution in [3.63, 3.8) is 0 Å². The minimum Gasteiger partial charge on any atom is -0.385 e. The fourth-order valence-corrected chi connectivity index (χ4v) is 3.24. The number of carbonyl (C=O) groups is 1. The third kappa shape index (κ3) is 3.97. The summed E-state index contributed by atoms with van der Waals surface area (Å²) in [5.74, 6) is -0.491. The predicted octanol–water partition coefficient (Wildman–Crippen LogP) is 3.90. The monoisotopic (exact) mass is 339 g/mol. The molecule has 0 unspecified atom stereocenters. The molecule has 2 aromatic carbocycles. The number of allylic oxidation sites excluding steroid dienone is 2. The Morgan fingerprint density at radius 1 is 1.08 bits per heavy atom. The van der Waals surface area contributed by atoms with Gasteiger partial charge in [-0.3, -0.25) is 4.79 Å². The lowest BCUT2D eigenvalue weighted by atomic mass is 9.84. The fourth-order valence-electron chi connectivity index (χ4n) is 3.24. The van der Waals surface area contributed by atoms with Crippen LogP contribution in [0.2, 0.25) is 0 Å². The summed E-state index contributed by atoms with van der Waals surface area (Å²) in [6, 6.07) is 15.3. The normalized spacial score (nSPS) is 17.4. The second-order valence-electron chi connectivity index (χ2n) is 6.54. The van der Waals surface area contributed by atoms with Crippen LogP contribution < -0.4 is 0 Å². The highest BCUT2D eigenvalue weighted by Gasteiger charge is 2.33. The van der Waals surface area contributed by atoms with Crippen LogP contribution in [-0.2, 0) is 5.60 Å². The number of carbonyl (C=O) groups excluding carboxylic acids is 1. The molecule has 0 aliphatic carbocycles. The summed E-state index contributed by atoms with van der Waals surface area (Å²) in [4.78, 5) is 14.4. The van der Waals surface area contributed by atoms with Gasteiger partial charge in [0.2, 0.25) is 0 Å². The van der Waals surface area contributed by atoms with E-state index in [-0.39, 0.29) is 11.6 Å². The maximum Gasteiger partial charge on any atom is 0.187 e. The van der Waals surface area contributed by atoms with Gasteiger partial charge in [0, 0.05) is 30.4 Å². The Labute approximate surface area is 147 Å². The first kappa shape index (κ1) is 17.4. The minimum atomic E-state index is -0.807. The smallest absolute Gasteiger partial charge is 0.187 e. The third-order valence-electron chi connectivity index (χ3n) is 4.87. The number of ketones is 1. The number of aliphatic hydroxyl groups is 1. The SMILES string of the molecule is C/C(=C\C(=O)c1ccc(F)cc1)N1CCC(O)(c2ccccc2)CC1. The Balaban J connectivity index is 1.66. The van der Waals surface area contributed by atoms with Crippen LogP contribution in [0.15, 0.2) is 66.4 Å². The summed E-state index contributed by atoms with van der Waals surface area (Å²) in [5.41, 5.74) is 1.47. The largest absolute Gasteiger partial charge is 0.385 e. The van der Waals surface area contributed by atoms with Crippen LogP contribution in [0.5, 0.6) is 0 Å². The van der Waals surface area contributed by atoms with E-state index >= 15 is 0 Å². The predicted molar refractivity (Wildman–Crippen MR) is 95.6 cm³/mol. The zero-order chi connectivity index (χ0) is 17.9. The summed E-state index contributed by atoms with van der Waals surface area (Å²) >= 11 is 0. The van der Waals surface area contributed by atoms with E-state index < -0.39 is 5.60 Å². The summed E-state index contributed by atoms with van der Waals surface area (Å²) < 4.78 is 13.0. The van der Waals surface area contributed by atoms with Gasteiger partial charge in [-0.25, -0.2) is 4.39 Å². The topological polar surface area (TPSA) is 40.5 Å². The Bertz CT molecular complexity index is 760. The van der Waals surface area contributed by atoms with E-state index in [0.29, 0.717) is 31.5 Å². The highest BCUT2D eigenvalue weighted by Crippen LogP contribution is 2.33. The highest BCUT2D eigenvalue weighted by atomic mass is 19.1. The molecule has 1 saturated heterocycles. The van der Waals surface area contributed by atoms with Crippen molar-refractivity contribution in [2.45, 2.75) is 25.4 Å². The number of nitrogens with zero attached hydrogens (tertiary/aromatic N) is 1. The number of hydrogen-bond acceptors (Lipinski definition) is 3. The quantitative estimate of drug-likeness (QED) is 0.678. The van der Waals surface area contributed by atoms with E-state index in [0.717, 1.165) is 11.3 Å². The number of hydrogen-bond donors (Lipinski definition) is 1. The molecule has 0 spiro atoms. The first-order valence-corrected chi connectivity index (χ1v) is 8.49. The van der Waals surface area contributed by atoms with Crippen LogP contribution in [-0.4, -0.2) is 28.9 Å². The average Bonchev–Trinajstić information content (AvgIpc) is 2.63. The van der Waals surface area contributed by atoms with Crippen LogP contribution in [0.3, 0.4) is 0 Å². The van der Waals surface area contributed by atoms with Crippen LogP contribution >= 0.6 is 0 Å². The highest BCUT2D eigenvalue weighted by molar-refractivity contribution is 6.04. The van der Waals surface area contributed by atoms with Crippen molar-refractivity contribution in [1.29, 1.82) is 0 Å². The van der Waals surface area contributed by atoms with Gasteiger partial charge in [0.1, 0.15) is 5.82 Å². The molecule has 1 heterocycles. The summed E-state index contributed by atoms with van der Waals surface area (Å²) in [6.45, 7) is 3.27. The van der Waals surface area contributed by atoms with E-state index in [1.54, 1.807) is 6.08 Å². The van der Waals surface area contributed by atoms with Crippen LogP contribution in [0.4, 0.5) is 4.39 Å². The van der Waals surface area contributed by atoms with Crippen molar-refractivity contribution in [2.24, 2.45) is 0 Å². The second kappa shape index (κ2) is 7.19. The lowest BCUT2D eigenvalue weighted by molar-refractivity contribution is -0.0185. The van der Waals surface area contributed by atoms with E-state index in [1.807, 2.05) is 37.3 Å². The van der Waals surface area contributed by atoms with Gasteiger partial charge in [0.25, 0.3) is 0 Å². The second-order valence-corrected chi connectivity index (χ2v) is 6.54. The molecule has 0 saturated carbocycles. The van der Waals surface area contributed by atoms with Crippen LogP contribution in [0.25, 0.3) is 0 Å². The Morgan fingerprint density at radius 3 is 2.28 bits per heavy atom. The first-order valence-electron chi connectivity index (χ1n) is 8.49. The van der Waals surface area contributed by atoms with Gasteiger partial charge in [0.05, 0.1) is 5.60 Å². The molecule has 25 heavy (non-hydrogen) atoms. The van der Waals surface area contributed by atoms with Crippen LogP contribution in [0, 0.1) is 5.82 Å². The molecule has 4 heteroatoms. The molecule has 0 radical (unpaired) electrons. The lowest BCUT2D eigenvalue weighted by Gasteiger charge is -2.40. The zero-order valence-corrected chi connectivity index (χ0v) is 14.3. The molecule has 2 aromatic rings. The van der Waals surface area contributed by atoms with E-state index in [9.17, 15) is 14.3 Å². The van der Waals surface area contributed by atoms with Gasteiger partial charge >= 0.3 is 0 Å². The van der Waals surface area contributed by atoms with Crippen molar-refractivity contribution >= 4 is 5.78 Å². The van der Waals surface area contributed by atoms with Crippen LogP contribution in [0.1, 0.15) is 35.7 Å². The standard InChI is InChI=1S/C21H22FNO2/c1-16(15-20(24)17-7-9-19(22)10-8-17)23-13-11-21(25,12-14-23)18-5-3-2-4-6-18/h2-10,15,25H,11-14H2,1H3/b16-15+. The molecule has 1 aliphatic heterocycles. The number of piperidine rings is 1. The van der Waals surface area contributed by atoms with E-state index in [2.05, 4.69) is 4.90 Å². The average molecular weight is 339 g/mol. The molecule has 1 fully saturated rings. The summed E-state index contributed by atoms with van der Waals surface area (Å²) in [5, 5.41) is 10.9. The van der Waals surface area contributed by atoms with Gasteiger partial charge in [-0.05, 0) is 49.6 Å². The van der Waals surface area contributed by atoms with Crippen molar-refractivity contribution in [3.8, 4) is 0 Å². The molecule has 3 rings (SSSR count). The maximum absolute atomic E-state index is 13.0. The van der Waals surface area contributed by atoms with E-state index in [4.69, 9.17) is 0 Å². The molecule has 1 N–H and O–H groups in total. The molecular weight excluding hydrogens is 317 g/mol. The minimum absolute atomic E-state index is 0.138. The van der Waals surface area contributed by atoms with Crippen molar-refractivity contribution < 1.29 is 14.3 Å². The van der Waals surface area contributed by atoms with Crippen molar-refractivity contribution in [1.82, 2.24) is 4.90 Å². The van der Waals surface area contributed by atoms with Gasteiger partial charge in [-0.2, -0.15) is 0 Å².